The predicted octanol–water partition coefficient (Wildman–Crippen LogP) is 4.31. The molecule has 1 aromatic carbocycles. The van der Waals surface area contributed by atoms with E-state index in [1.54, 1.807) is 12.1 Å². The molecule has 0 radical (unpaired) electrons. The largest absolute Gasteiger partial charge is 0.508 e. The maximum atomic E-state index is 13.1. The van der Waals surface area contributed by atoms with Gasteiger partial charge in [0.1, 0.15) is 5.75 Å². The van der Waals surface area contributed by atoms with Crippen molar-refractivity contribution < 1.29 is 29.0 Å². The Hall–Kier alpha value is -2.93. The fraction of sp³-hybridized carbons (Fsp3) is 0.500. The average Bonchev–Trinajstić information content (AvgIpc) is 3.30. The summed E-state index contributed by atoms with van der Waals surface area (Å²) in [6.07, 6.45) is 3.07. The number of phenols is 1. The minimum Gasteiger partial charge on any atom is -0.508 e. The molecule has 3 amide bonds. The summed E-state index contributed by atoms with van der Waals surface area (Å²) in [5.41, 5.74) is 4.42. The van der Waals surface area contributed by atoms with Crippen LogP contribution in [0, 0.1) is 23.7 Å². The standard InChI is InChI=1S/C26H31NO6/c1-14(2)18-12-19-23(25(30)27(24(19)29)26(31)32-4)20-13-33-21(22(18)20)9-8-15(3)10-16-6-5-7-17(28)11-16/h5-7,10-11,14,19-21,23,28H,8-9,12-13H2,1-4H3/b15-10+/t19-,20+,21-,23-/m1/s1. The first kappa shape index (κ1) is 23.2. The van der Waals surface area contributed by atoms with E-state index in [2.05, 4.69) is 25.5 Å². The molecule has 7 heteroatoms. The van der Waals surface area contributed by atoms with Crippen molar-refractivity contribution in [3.8, 4) is 5.75 Å². The number of hydrogen-bond donors (Lipinski definition) is 1. The lowest BCUT2D eigenvalue weighted by molar-refractivity contribution is -0.137. The lowest BCUT2D eigenvalue weighted by Crippen LogP contribution is -2.38. The van der Waals surface area contributed by atoms with Gasteiger partial charge in [-0.15, -0.1) is 0 Å². The molecule has 2 saturated heterocycles. The molecule has 2 heterocycles. The first-order valence-corrected chi connectivity index (χ1v) is 11.5. The van der Waals surface area contributed by atoms with Crippen molar-refractivity contribution in [1.29, 1.82) is 0 Å². The molecule has 2 fully saturated rings. The van der Waals surface area contributed by atoms with Gasteiger partial charge in [0.15, 0.2) is 0 Å². The minimum absolute atomic E-state index is 0.115. The highest BCUT2D eigenvalue weighted by Crippen LogP contribution is 2.51. The summed E-state index contributed by atoms with van der Waals surface area (Å²) in [6.45, 7) is 6.63. The Labute approximate surface area is 194 Å². The molecule has 1 aromatic rings. The highest BCUT2D eigenvalue weighted by Gasteiger charge is 2.59. The summed E-state index contributed by atoms with van der Waals surface area (Å²) in [5, 5.41) is 9.68. The molecular formula is C26H31NO6. The highest BCUT2D eigenvalue weighted by molar-refractivity contribution is 6.16. The van der Waals surface area contributed by atoms with Crippen LogP contribution in [-0.4, -0.2) is 47.7 Å². The Morgan fingerprint density at radius 2 is 2.03 bits per heavy atom. The molecular weight excluding hydrogens is 422 g/mol. The number of aromatic hydroxyl groups is 1. The number of nitrogens with zero attached hydrogens (tertiary/aromatic N) is 1. The van der Waals surface area contributed by atoms with Crippen LogP contribution in [0.4, 0.5) is 4.79 Å². The van der Waals surface area contributed by atoms with E-state index < -0.39 is 29.7 Å². The third-order valence-corrected chi connectivity index (χ3v) is 7.08. The van der Waals surface area contributed by atoms with Gasteiger partial charge in [0.05, 0.1) is 31.7 Å². The number of allylic oxidation sites excluding steroid dienone is 2. The summed E-state index contributed by atoms with van der Waals surface area (Å²) in [4.78, 5) is 38.8. The molecule has 1 N–H and O–H groups in total. The fourth-order valence-corrected chi connectivity index (χ4v) is 5.56. The van der Waals surface area contributed by atoms with Crippen molar-refractivity contribution in [2.45, 2.75) is 46.1 Å². The number of rotatable bonds is 5. The molecule has 2 aliphatic heterocycles. The normalized spacial score (nSPS) is 27.3. The summed E-state index contributed by atoms with van der Waals surface area (Å²) < 4.78 is 10.9. The van der Waals surface area contributed by atoms with Gasteiger partial charge in [-0.05, 0) is 55.4 Å². The second-order valence-electron chi connectivity index (χ2n) is 9.51. The third kappa shape index (κ3) is 4.22. The minimum atomic E-state index is -0.907. The van der Waals surface area contributed by atoms with Gasteiger partial charge in [-0.1, -0.05) is 43.2 Å². The summed E-state index contributed by atoms with van der Waals surface area (Å²) in [5.74, 6) is -1.76. The van der Waals surface area contributed by atoms with E-state index in [9.17, 15) is 19.5 Å². The van der Waals surface area contributed by atoms with Gasteiger partial charge in [0.25, 0.3) is 0 Å². The van der Waals surface area contributed by atoms with Crippen LogP contribution < -0.4 is 0 Å². The van der Waals surface area contributed by atoms with Crippen molar-refractivity contribution in [2.75, 3.05) is 13.7 Å². The Bertz CT molecular complexity index is 1040. The maximum Gasteiger partial charge on any atom is 0.423 e. The van der Waals surface area contributed by atoms with Crippen molar-refractivity contribution in [3.05, 3.63) is 46.5 Å². The van der Waals surface area contributed by atoms with Crippen LogP contribution in [0.2, 0.25) is 0 Å². The van der Waals surface area contributed by atoms with E-state index in [1.165, 1.54) is 12.7 Å². The molecule has 7 nitrogen and oxygen atoms in total. The van der Waals surface area contributed by atoms with E-state index in [4.69, 9.17) is 4.74 Å². The zero-order valence-corrected chi connectivity index (χ0v) is 19.5. The molecule has 0 spiro atoms. The molecule has 4 atom stereocenters. The first-order chi connectivity index (χ1) is 15.7. The molecule has 1 aliphatic carbocycles. The molecule has 0 unspecified atom stereocenters. The number of benzene rings is 1. The number of fused-ring (bicyclic) bond motifs is 3. The van der Waals surface area contributed by atoms with E-state index >= 15 is 0 Å². The number of ether oxygens (including phenoxy) is 2. The Kier molecular flexibility index (Phi) is 6.43. The summed E-state index contributed by atoms with van der Waals surface area (Å²) in [7, 11) is 1.18. The van der Waals surface area contributed by atoms with Crippen molar-refractivity contribution in [1.82, 2.24) is 4.90 Å². The quantitative estimate of drug-likeness (QED) is 0.527. The monoisotopic (exact) mass is 453 g/mol. The van der Waals surface area contributed by atoms with Gasteiger partial charge in [0.2, 0.25) is 11.8 Å². The lowest BCUT2D eigenvalue weighted by Gasteiger charge is -2.33. The number of imide groups is 3. The van der Waals surface area contributed by atoms with Crippen LogP contribution in [0.5, 0.6) is 5.75 Å². The smallest absolute Gasteiger partial charge is 0.423 e. The van der Waals surface area contributed by atoms with Crippen molar-refractivity contribution in [3.63, 3.8) is 0 Å². The Morgan fingerprint density at radius 1 is 1.27 bits per heavy atom. The van der Waals surface area contributed by atoms with Crippen LogP contribution in [0.1, 0.15) is 45.6 Å². The molecule has 33 heavy (non-hydrogen) atoms. The van der Waals surface area contributed by atoms with Gasteiger partial charge >= 0.3 is 6.09 Å². The van der Waals surface area contributed by atoms with Crippen LogP contribution in [0.3, 0.4) is 0 Å². The predicted molar refractivity (Wildman–Crippen MR) is 122 cm³/mol. The molecule has 3 aliphatic rings. The number of phenolic OH excluding ortho intramolecular Hbond substituents is 1. The number of likely N-dealkylation sites (tertiary alicyclic amines) is 1. The maximum absolute atomic E-state index is 13.1. The highest BCUT2D eigenvalue weighted by atomic mass is 16.5. The summed E-state index contributed by atoms with van der Waals surface area (Å²) >= 11 is 0. The van der Waals surface area contributed by atoms with Crippen LogP contribution in [0.15, 0.2) is 41.0 Å². The van der Waals surface area contributed by atoms with E-state index in [0.29, 0.717) is 17.9 Å². The van der Waals surface area contributed by atoms with Gasteiger partial charge in [-0.3, -0.25) is 9.59 Å². The Balaban J connectivity index is 1.56. The van der Waals surface area contributed by atoms with E-state index in [0.717, 1.165) is 29.6 Å². The third-order valence-electron chi connectivity index (χ3n) is 7.08. The Morgan fingerprint density at radius 3 is 2.70 bits per heavy atom. The van der Waals surface area contributed by atoms with E-state index in [1.807, 2.05) is 18.2 Å². The van der Waals surface area contributed by atoms with Gasteiger partial charge in [-0.25, -0.2) is 4.79 Å². The van der Waals surface area contributed by atoms with Crippen molar-refractivity contribution >= 4 is 24.0 Å². The van der Waals surface area contributed by atoms with Gasteiger partial charge < -0.3 is 14.6 Å². The zero-order valence-electron chi connectivity index (χ0n) is 19.5. The average molecular weight is 454 g/mol. The number of amides is 3. The van der Waals surface area contributed by atoms with Crippen LogP contribution in [0.25, 0.3) is 6.08 Å². The van der Waals surface area contributed by atoms with E-state index in [-0.39, 0.29) is 23.7 Å². The summed E-state index contributed by atoms with van der Waals surface area (Å²) in [6, 6.07) is 7.13. The number of hydrogen-bond acceptors (Lipinski definition) is 6. The molecule has 0 bridgehead atoms. The molecule has 0 saturated carbocycles. The van der Waals surface area contributed by atoms with Gasteiger partial charge in [0, 0.05) is 5.92 Å². The number of carbonyl (C=O) groups is 3. The second-order valence-corrected chi connectivity index (χ2v) is 9.51. The topological polar surface area (TPSA) is 93.1 Å². The zero-order chi connectivity index (χ0) is 23.9. The molecule has 4 rings (SSSR count). The molecule has 176 valence electrons. The van der Waals surface area contributed by atoms with Crippen molar-refractivity contribution in [2.24, 2.45) is 23.7 Å². The second kappa shape index (κ2) is 9.14. The van der Waals surface area contributed by atoms with Crippen LogP contribution in [-0.2, 0) is 19.1 Å². The fourth-order valence-electron chi connectivity index (χ4n) is 5.56. The lowest BCUT2D eigenvalue weighted by atomic mass is 9.67. The number of carbonyl (C=O) groups excluding carboxylic acids is 3. The number of methoxy groups -OCH3 is 1. The van der Waals surface area contributed by atoms with Crippen LogP contribution >= 0.6 is 0 Å². The molecule has 0 aromatic heterocycles. The SMILES string of the molecule is COC(=O)N1C(=O)[C@@H]2[C@@H](CC(C(C)C)=C3[C@@H](CC/C(C)=C/c4cccc(O)c4)OC[C@@H]32)C1=O. The first-order valence-electron chi connectivity index (χ1n) is 11.5. The van der Waals surface area contributed by atoms with Gasteiger partial charge in [-0.2, -0.15) is 4.90 Å².